The van der Waals surface area contributed by atoms with Gasteiger partial charge in [0.1, 0.15) is 22.5 Å². The van der Waals surface area contributed by atoms with Gasteiger partial charge in [0.05, 0.1) is 0 Å². The smallest absolute Gasteiger partial charge is 0.308 e. The van der Waals surface area contributed by atoms with E-state index in [1.54, 1.807) is 0 Å². The Balaban J connectivity index is 2.10. The summed E-state index contributed by atoms with van der Waals surface area (Å²) < 4.78 is 26.6. The van der Waals surface area contributed by atoms with Crippen molar-refractivity contribution in [2.75, 3.05) is 10.6 Å². The maximum Gasteiger partial charge on any atom is 0.323 e. The van der Waals surface area contributed by atoms with Gasteiger partial charge in [-0.2, -0.15) is 0 Å². The number of urea groups is 1. The van der Waals surface area contributed by atoms with Crippen molar-refractivity contribution in [3.8, 4) is 0 Å². The topological polar surface area (TPSA) is 54.0 Å². The molecule has 0 unspecified atom stereocenters. The summed E-state index contributed by atoms with van der Waals surface area (Å²) in [6, 6.07) is 5.40. The van der Waals surface area contributed by atoms with E-state index in [1.165, 1.54) is 24.4 Å². The third-order valence-corrected chi connectivity index (χ3v) is 2.39. The molecular weight excluding hydrogens is 276 g/mol. The molecule has 2 aromatic rings. The van der Waals surface area contributed by atoms with Crippen LogP contribution in [-0.2, 0) is 0 Å². The van der Waals surface area contributed by atoms with Crippen molar-refractivity contribution >= 4 is 29.0 Å². The number of carbonyl (C=O) groups excluding carboxylic acids is 1. The van der Waals surface area contributed by atoms with Crippen LogP contribution in [0.3, 0.4) is 0 Å². The molecule has 1 heterocycles. The minimum atomic E-state index is -0.858. The maximum atomic E-state index is 13.3. The van der Waals surface area contributed by atoms with Crippen molar-refractivity contribution in [1.29, 1.82) is 0 Å². The number of pyridine rings is 1. The lowest BCUT2D eigenvalue weighted by Gasteiger charge is -2.09. The highest BCUT2D eigenvalue weighted by molar-refractivity contribution is 6.29. The van der Waals surface area contributed by atoms with Gasteiger partial charge in [-0.1, -0.05) is 17.7 Å². The average Bonchev–Trinajstić information content (AvgIpc) is 2.34. The van der Waals surface area contributed by atoms with Gasteiger partial charge < -0.3 is 10.6 Å². The lowest BCUT2D eigenvalue weighted by atomic mass is 10.3. The fourth-order valence-electron chi connectivity index (χ4n) is 1.37. The number of para-hydroxylation sites is 1. The third-order valence-electron chi connectivity index (χ3n) is 2.19. The molecule has 2 N–H and O–H groups in total. The third kappa shape index (κ3) is 3.38. The normalized spacial score (nSPS) is 10.1. The number of carbonyl (C=O) groups is 1. The summed E-state index contributed by atoms with van der Waals surface area (Å²) in [6.45, 7) is 0. The molecule has 2 amide bonds. The first-order valence-electron chi connectivity index (χ1n) is 5.20. The van der Waals surface area contributed by atoms with Gasteiger partial charge in [0, 0.05) is 11.9 Å². The zero-order valence-corrected chi connectivity index (χ0v) is 10.2. The van der Waals surface area contributed by atoms with Crippen LogP contribution < -0.4 is 10.6 Å². The Bertz CT molecular complexity index is 601. The Morgan fingerprint density at radius 3 is 2.47 bits per heavy atom. The molecular formula is C12H8ClF2N3O. The Morgan fingerprint density at radius 2 is 1.84 bits per heavy atom. The molecule has 0 radical (unpaired) electrons. The molecule has 7 heteroatoms. The molecule has 0 spiro atoms. The molecule has 0 atom stereocenters. The van der Waals surface area contributed by atoms with E-state index in [2.05, 4.69) is 15.6 Å². The van der Waals surface area contributed by atoms with Gasteiger partial charge in [-0.25, -0.2) is 18.6 Å². The van der Waals surface area contributed by atoms with E-state index in [0.717, 1.165) is 12.1 Å². The van der Waals surface area contributed by atoms with Crippen LogP contribution in [0.4, 0.5) is 25.0 Å². The van der Waals surface area contributed by atoms with Crippen LogP contribution in [0, 0.1) is 11.6 Å². The Kier molecular flexibility index (Phi) is 3.91. The van der Waals surface area contributed by atoms with Crippen LogP contribution in [0.5, 0.6) is 0 Å². The molecule has 2 rings (SSSR count). The first kappa shape index (κ1) is 13.2. The summed E-state index contributed by atoms with van der Waals surface area (Å²) in [4.78, 5) is 15.3. The fourth-order valence-corrected chi connectivity index (χ4v) is 1.55. The first-order valence-corrected chi connectivity index (χ1v) is 5.57. The second-order valence-corrected chi connectivity index (χ2v) is 3.93. The zero-order chi connectivity index (χ0) is 13.8. The highest BCUT2D eigenvalue weighted by Crippen LogP contribution is 2.18. The number of amides is 2. The number of hydrogen-bond acceptors (Lipinski definition) is 2. The minimum Gasteiger partial charge on any atom is -0.308 e. The molecule has 0 saturated carbocycles. The first-order chi connectivity index (χ1) is 9.06. The maximum absolute atomic E-state index is 13.3. The number of anilines is 2. The van der Waals surface area contributed by atoms with Crippen molar-refractivity contribution in [1.82, 2.24) is 4.98 Å². The van der Waals surface area contributed by atoms with E-state index in [-0.39, 0.29) is 5.15 Å². The number of rotatable bonds is 2. The standard InChI is InChI=1S/C12H8ClF2N3O/c13-10-6-7(4-5-16-10)17-12(19)18-11-8(14)2-1-3-9(11)15/h1-6H,(H2,16,17,18,19). The number of nitrogens with one attached hydrogen (secondary N) is 2. The Morgan fingerprint density at radius 1 is 1.16 bits per heavy atom. The van der Waals surface area contributed by atoms with Crippen LogP contribution in [0.25, 0.3) is 0 Å². The van der Waals surface area contributed by atoms with Gasteiger partial charge in [0.15, 0.2) is 0 Å². The summed E-state index contributed by atoms with van der Waals surface area (Å²) in [6.07, 6.45) is 1.39. The van der Waals surface area contributed by atoms with Gasteiger partial charge in [0.2, 0.25) is 0 Å². The van der Waals surface area contributed by atoms with Gasteiger partial charge in [-0.15, -0.1) is 0 Å². The molecule has 0 bridgehead atoms. The second kappa shape index (κ2) is 5.62. The summed E-state index contributed by atoms with van der Waals surface area (Å²) >= 11 is 5.64. The van der Waals surface area contributed by atoms with Gasteiger partial charge >= 0.3 is 6.03 Å². The van der Waals surface area contributed by atoms with E-state index >= 15 is 0 Å². The molecule has 0 aliphatic carbocycles. The van der Waals surface area contributed by atoms with Gasteiger partial charge in [-0.05, 0) is 24.3 Å². The predicted octanol–water partition coefficient (Wildman–Crippen LogP) is 3.66. The lowest BCUT2D eigenvalue weighted by Crippen LogP contribution is -2.21. The van der Waals surface area contributed by atoms with Crippen molar-refractivity contribution < 1.29 is 13.6 Å². The zero-order valence-electron chi connectivity index (χ0n) is 9.45. The van der Waals surface area contributed by atoms with Crippen LogP contribution in [0.1, 0.15) is 0 Å². The number of benzene rings is 1. The van der Waals surface area contributed by atoms with Gasteiger partial charge in [0.25, 0.3) is 0 Å². The summed E-state index contributed by atoms with van der Waals surface area (Å²) in [5, 5.41) is 4.65. The monoisotopic (exact) mass is 283 g/mol. The van der Waals surface area contributed by atoms with E-state index in [4.69, 9.17) is 11.6 Å². The van der Waals surface area contributed by atoms with E-state index in [1.807, 2.05) is 0 Å². The quantitative estimate of drug-likeness (QED) is 0.827. The fraction of sp³-hybridized carbons (Fsp3) is 0. The number of halogens is 3. The highest BCUT2D eigenvalue weighted by atomic mass is 35.5. The molecule has 98 valence electrons. The average molecular weight is 284 g/mol. The van der Waals surface area contributed by atoms with Crippen LogP contribution in [0.2, 0.25) is 5.15 Å². The lowest BCUT2D eigenvalue weighted by molar-refractivity contribution is 0.262. The highest BCUT2D eigenvalue weighted by Gasteiger charge is 2.11. The molecule has 1 aromatic carbocycles. The van der Waals surface area contributed by atoms with E-state index in [0.29, 0.717) is 5.69 Å². The summed E-state index contributed by atoms with van der Waals surface area (Å²) in [7, 11) is 0. The molecule has 4 nitrogen and oxygen atoms in total. The largest absolute Gasteiger partial charge is 0.323 e. The second-order valence-electron chi connectivity index (χ2n) is 3.54. The molecule has 0 saturated heterocycles. The Labute approximate surface area is 112 Å². The number of aromatic nitrogens is 1. The Hall–Kier alpha value is -2.21. The van der Waals surface area contributed by atoms with Crippen LogP contribution >= 0.6 is 11.6 Å². The summed E-state index contributed by atoms with van der Waals surface area (Å²) in [5.74, 6) is -1.72. The van der Waals surface area contributed by atoms with Crippen LogP contribution in [0.15, 0.2) is 36.5 Å². The van der Waals surface area contributed by atoms with Crippen LogP contribution in [-0.4, -0.2) is 11.0 Å². The molecule has 1 aromatic heterocycles. The summed E-state index contributed by atoms with van der Waals surface area (Å²) in [5.41, 5.74) is -0.158. The minimum absolute atomic E-state index is 0.190. The molecule has 0 fully saturated rings. The molecule has 19 heavy (non-hydrogen) atoms. The molecule has 0 aliphatic rings. The van der Waals surface area contributed by atoms with Crippen molar-refractivity contribution in [3.63, 3.8) is 0 Å². The van der Waals surface area contributed by atoms with E-state index < -0.39 is 23.4 Å². The van der Waals surface area contributed by atoms with Crippen molar-refractivity contribution in [2.24, 2.45) is 0 Å². The van der Waals surface area contributed by atoms with Crippen molar-refractivity contribution in [3.05, 3.63) is 53.3 Å². The molecule has 0 aliphatic heterocycles. The number of nitrogens with zero attached hydrogens (tertiary/aromatic N) is 1. The SMILES string of the molecule is O=C(Nc1ccnc(Cl)c1)Nc1c(F)cccc1F. The van der Waals surface area contributed by atoms with E-state index in [9.17, 15) is 13.6 Å². The number of hydrogen-bond donors (Lipinski definition) is 2. The van der Waals surface area contributed by atoms with Gasteiger partial charge in [-0.3, -0.25) is 0 Å². The predicted molar refractivity (Wildman–Crippen MR) is 68.2 cm³/mol. The van der Waals surface area contributed by atoms with Crippen molar-refractivity contribution in [2.45, 2.75) is 0 Å².